The first-order valence-corrected chi connectivity index (χ1v) is 18.2. The molecule has 1 fully saturated rings. The van der Waals surface area contributed by atoms with Crippen molar-refractivity contribution in [2.75, 3.05) is 36.4 Å². The van der Waals surface area contributed by atoms with E-state index in [1.54, 1.807) is 28.6 Å². The number of esters is 1. The summed E-state index contributed by atoms with van der Waals surface area (Å²) in [5.74, 6) is 0.919. The summed E-state index contributed by atoms with van der Waals surface area (Å²) in [5, 5.41) is 3.42. The minimum atomic E-state index is -3.50. The third-order valence-electron chi connectivity index (χ3n) is 9.47. The van der Waals surface area contributed by atoms with Gasteiger partial charge in [-0.1, -0.05) is 44.9 Å². The molecule has 1 saturated heterocycles. The summed E-state index contributed by atoms with van der Waals surface area (Å²) in [4.78, 5) is 16.1. The molecule has 0 amide bonds. The Hall–Kier alpha value is -4.34. The molecule has 0 radical (unpaired) electrons. The maximum Gasteiger partial charge on any atom is 0.340 e. The molecule has 0 saturated carbocycles. The van der Waals surface area contributed by atoms with Gasteiger partial charge in [-0.15, -0.1) is 0 Å². The molecule has 0 aliphatic carbocycles. The number of carbonyl (C=O) groups excluding carboxylic acids is 1. The molecular formula is C38H41N3O5S. The van der Waals surface area contributed by atoms with Gasteiger partial charge in [-0.05, 0) is 86.3 Å². The van der Waals surface area contributed by atoms with Gasteiger partial charge in [-0.25, -0.2) is 13.2 Å². The van der Waals surface area contributed by atoms with E-state index in [0.717, 1.165) is 85.4 Å². The summed E-state index contributed by atoms with van der Waals surface area (Å²) in [6.07, 6.45) is 6.23. The lowest BCUT2D eigenvalue weighted by Gasteiger charge is -2.37. The molecule has 7 rings (SSSR count). The Balaban J connectivity index is 1.26. The number of sulfonamides is 1. The predicted octanol–water partition coefficient (Wildman–Crippen LogP) is 8.19. The highest BCUT2D eigenvalue weighted by atomic mass is 32.2. The molecule has 4 aromatic carbocycles. The van der Waals surface area contributed by atoms with Crippen LogP contribution in [0.5, 0.6) is 11.5 Å². The highest BCUT2D eigenvalue weighted by molar-refractivity contribution is 7.89. The maximum atomic E-state index is 13.4. The van der Waals surface area contributed by atoms with Crippen LogP contribution in [0.15, 0.2) is 89.8 Å². The quantitative estimate of drug-likeness (QED) is 0.164. The van der Waals surface area contributed by atoms with Crippen molar-refractivity contribution in [1.29, 1.82) is 0 Å². The molecule has 1 unspecified atom stereocenters. The SMILES string of the molecule is CCCCN(CCCC)c1ccc2c(c1)Oc1ccc(Nc3ccc(S(=O)(=O)N4CCCC4)cc3)cc1C21OC(=O)c2ccccc21. The first kappa shape index (κ1) is 31.3. The molecule has 0 bridgehead atoms. The lowest BCUT2D eigenvalue weighted by Crippen LogP contribution is -2.33. The molecule has 4 aromatic rings. The Morgan fingerprint density at radius 1 is 0.787 bits per heavy atom. The average Bonchev–Trinajstić information content (AvgIpc) is 3.74. The Morgan fingerprint density at radius 3 is 2.21 bits per heavy atom. The second-order valence-corrected chi connectivity index (χ2v) is 14.5. The summed E-state index contributed by atoms with van der Waals surface area (Å²) >= 11 is 0. The fraction of sp³-hybridized carbons (Fsp3) is 0.342. The second-order valence-electron chi connectivity index (χ2n) is 12.6. The summed E-state index contributed by atoms with van der Waals surface area (Å²) in [5.41, 5.74) is 4.24. The number of carbonyl (C=O) groups is 1. The maximum absolute atomic E-state index is 13.4. The van der Waals surface area contributed by atoms with Crippen molar-refractivity contribution in [3.05, 3.63) is 107 Å². The number of hydrogen-bond donors (Lipinski definition) is 1. The van der Waals surface area contributed by atoms with Gasteiger partial charge >= 0.3 is 5.97 Å². The predicted molar refractivity (Wildman–Crippen MR) is 184 cm³/mol. The van der Waals surface area contributed by atoms with Crippen molar-refractivity contribution in [3.8, 4) is 11.5 Å². The fourth-order valence-corrected chi connectivity index (χ4v) is 8.48. The molecule has 1 spiro atoms. The van der Waals surface area contributed by atoms with Crippen molar-refractivity contribution in [2.45, 2.75) is 62.9 Å². The van der Waals surface area contributed by atoms with Gasteiger partial charge in [0, 0.05) is 66.0 Å². The lowest BCUT2D eigenvalue weighted by atomic mass is 9.77. The molecule has 3 aliphatic heterocycles. The summed E-state index contributed by atoms with van der Waals surface area (Å²) < 4.78 is 40.6. The molecule has 3 heterocycles. The standard InChI is InChI=1S/C38H41N3O5S/c1-3-5-21-40(22-6-4-2)29-16-19-33-36(26-29)45-35-20-15-28(25-34(35)38(33)32-12-8-7-11-31(32)37(42)46-38)39-27-13-17-30(18-14-27)47(43,44)41-23-9-10-24-41/h7-8,11-20,25-26,39H,3-6,9-10,21-24H2,1-2H3. The van der Waals surface area contributed by atoms with Crippen LogP contribution in [0.4, 0.5) is 17.1 Å². The van der Waals surface area contributed by atoms with E-state index in [1.165, 1.54) is 0 Å². The monoisotopic (exact) mass is 651 g/mol. The molecule has 1 N–H and O–H groups in total. The van der Waals surface area contributed by atoms with Crippen molar-refractivity contribution >= 4 is 33.1 Å². The van der Waals surface area contributed by atoms with E-state index in [9.17, 15) is 13.2 Å². The van der Waals surface area contributed by atoms with E-state index in [-0.39, 0.29) is 10.9 Å². The largest absolute Gasteiger partial charge is 0.456 e. The minimum absolute atomic E-state index is 0.288. The van der Waals surface area contributed by atoms with Crippen LogP contribution < -0.4 is 15.0 Å². The van der Waals surface area contributed by atoms with Gasteiger partial charge in [0.1, 0.15) is 11.5 Å². The molecule has 1 atom stereocenters. The van der Waals surface area contributed by atoms with Crippen molar-refractivity contribution in [1.82, 2.24) is 4.31 Å². The summed E-state index contributed by atoms with van der Waals surface area (Å²) in [7, 11) is -3.50. The van der Waals surface area contributed by atoms with Crippen LogP contribution in [0.2, 0.25) is 0 Å². The first-order chi connectivity index (χ1) is 22.8. The van der Waals surface area contributed by atoms with Crippen LogP contribution in [0.1, 0.15) is 79.4 Å². The highest BCUT2D eigenvalue weighted by Crippen LogP contribution is 2.57. The smallest absolute Gasteiger partial charge is 0.340 e. The van der Waals surface area contributed by atoms with Crippen LogP contribution in [0.25, 0.3) is 0 Å². The number of nitrogens with zero attached hydrogens (tertiary/aromatic N) is 2. The van der Waals surface area contributed by atoms with Crippen LogP contribution >= 0.6 is 0 Å². The number of rotatable bonds is 11. The molecular weight excluding hydrogens is 611 g/mol. The Morgan fingerprint density at radius 2 is 1.49 bits per heavy atom. The first-order valence-electron chi connectivity index (χ1n) is 16.8. The number of nitrogens with one attached hydrogen (secondary N) is 1. The zero-order valence-electron chi connectivity index (χ0n) is 27.0. The van der Waals surface area contributed by atoms with E-state index in [1.807, 2.05) is 48.5 Å². The van der Waals surface area contributed by atoms with Crippen LogP contribution in [-0.4, -0.2) is 44.9 Å². The van der Waals surface area contributed by atoms with Gasteiger partial charge in [0.05, 0.1) is 10.5 Å². The number of unbranched alkanes of at least 4 members (excludes halogenated alkanes) is 2. The van der Waals surface area contributed by atoms with Gasteiger partial charge in [0.15, 0.2) is 5.60 Å². The van der Waals surface area contributed by atoms with Crippen molar-refractivity contribution in [3.63, 3.8) is 0 Å². The topological polar surface area (TPSA) is 88.2 Å². The normalized spacial score (nSPS) is 18.3. The highest BCUT2D eigenvalue weighted by Gasteiger charge is 2.53. The van der Waals surface area contributed by atoms with E-state index in [2.05, 4.69) is 36.2 Å². The molecule has 8 nitrogen and oxygen atoms in total. The number of hydrogen-bond acceptors (Lipinski definition) is 7. The fourth-order valence-electron chi connectivity index (χ4n) is 6.96. The summed E-state index contributed by atoms with van der Waals surface area (Å²) in [6, 6.07) is 26.5. The van der Waals surface area contributed by atoms with Crippen LogP contribution in [-0.2, 0) is 20.4 Å². The van der Waals surface area contributed by atoms with Gasteiger partial charge in [-0.2, -0.15) is 4.31 Å². The van der Waals surface area contributed by atoms with Crippen LogP contribution in [0.3, 0.4) is 0 Å². The second kappa shape index (κ2) is 12.7. The van der Waals surface area contributed by atoms with Crippen molar-refractivity contribution in [2.24, 2.45) is 0 Å². The molecule has 3 aliphatic rings. The van der Waals surface area contributed by atoms with Gasteiger partial charge in [0.25, 0.3) is 0 Å². The number of benzene rings is 4. The van der Waals surface area contributed by atoms with Gasteiger partial charge in [-0.3, -0.25) is 0 Å². The number of anilines is 3. The van der Waals surface area contributed by atoms with Crippen LogP contribution in [0, 0.1) is 0 Å². The number of ether oxygens (including phenoxy) is 2. The van der Waals surface area contributed by atoms with Gasteiger partial charge in [0.2, 0.25) is 10.0 Å². The van der Waals surface area contributed by atoms with E-state index in [0.29, 0.717) is 30.2 Å². The van der Waals surface area contributed by atoms with E-state index < -0.39 is 15.6 Å². The average molecular weight is 652 g/mol. The van der Waals surface area contributed by atoms with Gasteiger partial charge < -0.3 is 19.7 Å². The zero-order chi connectivity index (χ0) is 32.6. The minimum Gasteiger partial charge on any atom is -0.456 e. The summed E-state index contributed by atoms with van der Waals surface area (Å²) in [6.45, 7) is 7.48. The Kier molecular flexibility index (Phi) is 8.45. The molecule has 47 heavy (non-hydrogen) atoms. The third-order valence-corrected chi connectivity index (χ3v) is 11.4. The third kappa shape index (κ3) is 5.55. The molecule has 244 valence electrons. The number of fused-ring (bicyclic) bond motifs is 6. The van der Waals surface area contributed by atoms with Crippen molar-refractivity contribution < 1.29 is 22.7 Å². The lowest BCUT2D eigenvalue weighted by molar-refractivity contribution is 0.0224. The van der Waals surface area contributed by atoms with E-state index >= 15 is 0 Å². The Labute approximate surface area is 277 Å². The van der Waals surface area contributed by atoms with E-state index in [4.69, 9.17) is 9.47 Å². The zero-order valence-corrected chi connectivity index (χ0v) is 27.8. The molecule has 9 heteroatoms. The molecule has 0 aromatic heterocycles. The Bertz CT molecular complexity index is 1900.